The van der Waals surface area contributed by atoms with Gasteiger partial charge in [-0.3, -0.25) is 9.59 Å². The van der Waals surface area contributed by atoms with E-state index in [-0.39, 0.29) is 24.6 Å². The lowest BCUT2D eigenvalue weighted by Crippen LogP contribution is -2.45. The Morgan fingerprint density at radius 1 is 1.32 bits per heavy atom. The fourth-order valence-corrected chi connectivity index (χ4v) is 6.44. The van der Waals surface area contributed by atoms with Crippen molar-refractivity contribution < 1.29 is 13.2 Å². The van der Waals surface area contributed by atoms with E-state index in [1.807, 2.05) is 26.8 Å². The molecule has 3 heterocycles. The smallest absolute Gasteiger partial charge is 0.253 e. The van der Waals surface area contributed by atoms with E-state index in [1.165, 1.54) is 15.6 Å². The lowest BCUT2D eigenvalue weighted by molar-refractivity contribution is -0.126. The first-order valence-corrected chi connectivity index (χ1v) is 11.5. The maximum absolute atomic E-state index is 12.8. The standard InChI is InChI=1S/C19H25N3O4S2/c1-12-9-13(2)21-19(24)16(12)10-20-18(23)15-5-4-8-22(11-15)28(25,26)17-7-6-14(3)27-17/h6-7,9,15H,4-5,8,10-11H2,1-3H3,(H,20,23)(H,21,24). The van der Waals surface area contributed by atoms with Gasteiger partial charge in [-0.25, -0.2) is 8.42 Å². The normalized spacial score (nSPS) is 18.2. The van der Waals surface area contributed by atoms with Gasteiger partial charge in [0, 0.05) is 35.8 Å². The molecule has 1 saturated heterocycles. The van der Waals surface area contributed by atoms with Gasteiger partial charge >= 0.3 is 0 Å². The topological polar surface area (TPSA) is 99.3 Å². The molecule has 1 unspecified atom stereocenters. The first-order chi connectivity index (χ1) is 13.2. The second-order valence-corrected chi connectivity index (χ2v) is 10.7. The highest BCUT2D eigenvalue weighted by Crippen LogP contribution is 2.28. The van der Waals surface area contributed by atoms with Crippen LogP contribution in [0.4, 0.5) is 0 Å². The minimum absolute atomic E-state index is 0.133. The van der Waals surface area contributed by atoms with Crippen molar-refractivity contribution in [1.29, 1.82) is 0 Å². The molecule has 9 heteroatoms. The van der Waals surface area contributed by atoms with Crippen LogP contribution in [-0.2, 0) is 21.4 Å². The average molecular weight is 424 g/mol. The number of carbonyl (C=O) groups excluding carboxylic acids is 1. The minimum atomic E-state index is -3.58. The van der Waals surface area contributed by atoms with Gasteiger partial charge < -0.3 is 10.3 Å². The molecule has 1 amide bonds. The zero-order valence-corrected chi connectivity index (χ0v) is 17.9. The Balaban J connectivity index is 1.67. The molecule has 1 fully saturated rings. The number of nitrogens with zero attached hydrogens (tertiary/aromatic N) is 1. The SMILES string of the molecule is Cc1cc(C)c(CNC(=O)C2CCCN(S(=O)(=O)c3ccc(C)s3)C2)c(=O)[nH]1. The third kappa shape index (κ3) is 4.37. The zero-order valence-electron chi connectivity index (χ0n) is 16.2. The van der Waals surface area contributed by atoms with Crippen molar-refractivity contribution in [2.24, 2.45) is 5.92 Å². The molecule has 1 aliphatic rings. The van der Waals surface area contributed by atoms with Crippen molar-refractivity contribution in [3.63, 3.8) is 0 Å². The van der Waals surface area contributed by atoms with Crippen LogP contribution in [0, 0.1) is 26.7 Å². The summed E-state index contributed by atoms with van der Waals surface area (Å²) in [5.74, 6) is -0.643. The maximum atomic E-state index is 12.8. The van der Waals surface area contributed by atoms with Gasteiger partial charge in [0.2, 0.25) is 5.91 Å². The third-order valence-electron chi connectivity index (χ3n) is 5.00. The van der Waals surface area contributed by atoms with Crippen LogP contribution in [0.1, 0.15) is 34.5 Å². The van der Waals surface area contributed by atoms with Crippen LogP contribution >= 0.6 is 11.3 Å². The van der Waals surface area contributed by atoms with E-state index in [9.17, 15) is 18.0 Å². The molecule has 1 aliphatic heterocycles. The second-order valence-electron chi connectivity index (χ2n) is 7.23. The second kappa shape index (κ2) is 8.18. The Bertz CT molecular complexity index is 1040. The number of piperidine rings is 1. The van der Waals surface area contributed by atoms with Gasteiger partial charge in [0.25, 0.3) is 15.6 Å². The lowest BCUT2D eigenvalue weighted by atomic mass is 9.98. The maximum Gasteiger partial charge on any atom is 0.253 e. The number of carbonyl (C=O) groups is 1. The molecule has 0 aromatic carbocycles. The van der Waals surface area contributed by atoms with Crippen LogP contribution < -0.4 is 10.9 Å². The van der Waals surface area contributed by atoms with Crippen molar-refractivity contribution in [3.8, 4) is 0 Å². The van der Waals surface area contributed by atoms with Gasteiger partial charge in [-0.2, -0.15) is 4.31 Å². The number of amides is 1. The van der Waals surface area contributed by atoms with E-state index >= 15 is 0 Å². The Morgan fingerprint density at radius 2 is 2.07 bits per heavy atom. The van der Waals surface area contributed by atoms with Gasteiger partial charge in [0.15, 0.2) is 0 Å². The summed E-state index contributed by atoms with van der Waals surface area (Å²) in [4.78, 5) is 28.4. The van der Waals surface area contributed by atoms with E-state index in [0.717, 1.165) is 16.1 Å². The van der Waals surface area contributed by atoms with Crippen LogP contribution in [-0.4, -0.2) is 36.7 Å². The van der Waals surface area contributed by atoms with Gasteiger partial charge in [-0.1, -0.05) is 0 Å². The number of sulfonamides is 1. The van der Waals surface area contributed by atoms with Crippen LogP contribution in [0.15, 0.2) is 27.2 Å². The molecular weight excluding hydrogens is 398 g/mol. The van der Waals surface area contributed by atoms with Gasteiger partial charge in [-0.05, 0) is 57.4 Å². The number of aryl methyl sites for hydroxylation is 3. The highest BCUT2D eigenvalue weighted by atomic mass is 32.2. The fourth-order valence-electron chi connectivity index (χ4n) is 3.47. The van der Waals surface area contributed by atoms with Crippen molar-refractivity contribution >= 4 is 27.3 Å². The number of pyridine rings is 1. The summed E-state index contributed by atoms with van der Waals surface area (Å²) in [6.07, 6.45) is 1.26. The van der Waals surface area contributed by atoms with Crippen LogP contribution in [0.2, 0.25) is 0 Å². The predicted octanol–water partition coefficient (Wildman–Crippen LogP) is 2.08. The fraction of sp³-hybridized carbons (Fsp3) is 0.474. The Hall–Kier alpha value is -1.97. The van der Waals surface area contributed by atoms with Gasteiger partial charge in [0.1, 0.15) is 4.21 Å². The van der Waals surface area contributed by atoms with Crippen LogP contribution in [0.3, 0.4) is 0 Å². The van der Waals surface area contributed by atoms with Gasteiger partial charge in [0.05, 0.1) is 5.92 Å². The summed E-state index contributed by atoms with van der Waals surface area (Å²) in [5, 5.41) is 2.81. The molecule has 1 atom stereocenters. The largest absolute Gasteiger partial charge is 0.352 e. The Labute approximate surface area is 168 Å². The van der Waals surface area contributed by atoms with Crippen LogP contribution in [0.5, 0.6) is 0 Å². The summed E-state index contributed by atoms with van der Waals surface area (Å²) in [5.41, 5.74) is 1.91. The van der Waals surface area contributed by atoms with E-state index in [0.29, 0.717) is 29.2 Å². The number of aromatic amines is 1. The van der Waals surface area contributed by atoms with Crippen molar-refractivity contribution in [3.05, 3.63) is 50.3 Å². The number of hydrogen-bond donors (Lipinski definition) is 2. The number of thiophene rings is 1. The molecule has 0 aliphatic carbocycles. The predicted molar refractivity (Wildman–Crippen MR) is 109 cm³/mol. The first-order valence-electron chi connectivity index (χ1n) is 9.22. The molecule has 28 heavy (non-hydrogen) atoms. The van der Waals surface area contributed by atoms with E-state index < -0.39 is 15.9 Å². The average Bonchev–Trinajstić information content (AvgIpc) is 3.08. The molecule has 2 aromatic rings. The first kappa shape index (κ1) is 20.8. The van der Waals surface area contributed by atoms with E-state index in [1.54, 1.807) is 12.1 Å². The Morgan fingerprint density at radius 3 is 2.71 bits per heavy atom. The molecular formula is C19H25N3O4S2. The number of aromatic nitrogens is 1. The molecule has 2 N–H and O–H groups in total. The Kier molecular flexibility index (Phi) is 6.07. The monoisotopic (exact) mass is 423 g/mol. The molecule has 3 rings (SSSR count). The minimum Gasteiger partial charge on any atom is -0.352 e. The summed E-state index contributed by atoms with van der Waals surface area (Å²) >= 11 is 1.24. The number of H-pyrrole nitrogens is 1. The number of nitrogens with one attached hydrogen (secondary N) is 2. The lowest BCUT2D eigenvalue weighted by Gasteiger charge is -2.30. The van der Waals surface area contributed by atoms with Crippen LogP contribution in [0.25, 0.3) is 0 Å². The number of rotatable bonds is 5. The molecule has 2 aromatic heterocycles. The quantitative estimate of drug-likeness (QED) is 0.769. The molecule has 152 valence electrons. The zero-order chi connectivity index (χ0) is 20.5. The highest BCUT2D eigenvalue weighted by Gasteiger charge is 2.34. The van der Waals surface area contributed by atoms with E-state index in [4.69, 9.17) is 0 Å². The van der Waals surface area contributed by atoms with Crippen molar-refractivity contribution in [2.45, 2.75) is 44.4 Å². The van der Waals surface area contributed by atoms with Crippen molar-refractivity contribution in [1.82, 2.24) is 14.6 Å². The molecule has 0 saturated carbocycles. The van der Waals surface area contributed by atoms with Gasteiger partial charge in [-0.15, -0.1) is 11.3 Å². The van der Waals surface area contributed by atoms with E-state index in [2.05, 4.69) is 10.3 Å². The molecule has 7 nitrogen and oxygen atoms in total. The summed E-state index contributed by atoms with van der Waals surface area (Å²) in [7, 11) is -3.58. The summed E-state index contributed by atoms with van der Waals surface area (Å²) in [6.45, 7) is 6.22. The summed E-state index contributed by atoms with van der Waals surface area (Å²) in [6, 6.07) is 5.26. The number of hydrogen-bond acceptors (Lipinski definition) is 5. The highest BCUT2D eigenvalue weighted by molar-refractivity contribution is 7.91. The van der Waals surface area contributed by atoms with Crippen molar-refractivity contribution in [2.75, 3.05) is 13.1 Å². The molecule has 0 bridgehead atoms. The molecule has 0 spiro atoms. The molecule has 0 radical (unpaired) electrons. The third-order valence-corrected chi connectivity index (χ3v) is 8.33. The summed E-state index contributed by atoms with van der Waals surface area (Å²) < 4.78 is 27.4.